The molecular weight excluding hydrogens is 1200 g/mol. The lowest BCUT2D eigenvalue weighted by Crippen LogP contribution is -2.37. The summed E-state index contributed by atoms with van der Waals surface area (Å²) in [5, 5.41) is 30.0. The van der Waals surface area contributed by atoms with Crippen LogP contribution in [-0.4, -0.2) is 61.5 Å². The van der Waals surface area contributed by atoms with Crippen LogP contribution in [0.5, 0.6) is 51.7 Å². The minimum Gasteiger partial charge on any atom is -0.489 e. The monoisotopic (exact) mass is 1290 g/mol. The van der Waals surface area contributed by atoms with Crippen LogP contribution < -0.4 is 42.6 Å². The van der Waals surface area contributed by atoms with Crippen LogP contribution in [0.2, 0.25) is 0 Å². The van der Waals surface area contributed by atoms with Crippen molar-refractivity contribution in [3.8, 4) is 63.9 Å². The Morgan fingerprint density at radius 1 is 0.448 bits per heavy atom. The van der Waals surface area contributed by atoms with Gasteiger partial charge in [-0.05, 0) is 211 Å². The van der Waals surface area contributed by atoms with Crippen molar-refractivity contribution in [3.63, 3.8) is 0 Å². The van der Waals surface area contributed by atoms with Crippen molar-refractivity contribution < 1.29 is 52.6 Å². The van der Waals surface area contributed by atoms with Crippen LogP contribution in [0.4, 0.5) is 0 Å². The average Bonchev–Trinajstić information content (AvgIpc) is 1.71. The summed E-state index contributed by atoms with van der Waals surface area (Å²) in [5.74, 6) is 7.24. The van der Waals surface area contributed by atoms with Gasteiger partial charge in [0, 0.05) is 38.0 Å². The molecule has 0 aliphatic carbocycles. The Labute approximate surface area is 563 Å². The summed E-state index contributed by atoms with van der Waals surface area (Å²) >= 11 is 0. The van der Waals surface area contributed by atoms with E-state index in [4.69, 9.17) is 47.9 Å². The van der Waals surface area contributed by atoms with Crippen molar-refractivity contribution in [2.24, 2.45) is 0 Å². The molecule has 0 bridgehead atoms. The maximum absolute atomic E-state index is 10.8. The third-order valence-corrected chi connectivity index (χ3v) is 17.8. The molecular formula is C81H82N4O11. The second kappa shape index (κ2) is 32.7. The Kier molecular flexibility index (Phi) is 22.9. The van der Waals surface area contributed by atoms with E-state index < -0.39 is 0 Å². The first-order valence-corrected chi connectivity index (χ1v) is 32.9. The molecule has 14 rings (SSSR count). The van der Waals surface area contributed by atoms with Gasteiger partial charge in [0.2, 0.25) is 20.4 Å². The van der Waals surface area contributed by atoms with E-state index in [1.54, 1.807) is 18.2 Å². The van der Waals surface area contributed by atoms with Gasteiger partial charge in [-0.15, -0.1) is 0 Å². The summed E-state index contributed by atoms with van der Waals surface area (Å²) in [4.78, 5) is 12.7. The van der Waals surface area contributed by atoms with Crippen molar-refractivity contribution in [1.29, 1.82) is 10.5 Å². The number of hydroxylamine groups is 2. The minimum atomic E-state index is -0.245. The summed E-state index contributed by atoms with van der Waals surface area (Å²) in [7, 11) is 0. The normalized spacial score (nSPS) is 15.1. The van der Waals surface area contributed by atoms with Gasteiger partial charge in [0.05, 0.1) is 24.2 Å². The number of fused-ring (bicyclic) bond motifs is 5. The Morgan fingerprint density at radius 2 is 0.917 bits per heavy atom. The number of unbranched alkanes of at least 4 members (excludes halogenated alkanes) is 3. The molecule has 0 saturated heterocycles. The molecule has 5 aliphatic rings. The van der Waals surface area contributed by atoms with Gasteiger partial charge >= 0.3 is 0 Å². The predicted molar refractivity (Wildman–Crippen MR) is 368 cm³/mol. The van der Waals surface area contributed by atoms with Crippen molar-refractivity contribution in [2.75, 3.05) is 40.0 Å². The molecule has 2 atom stereocenters. The van der Waals surface area contributed by atoms with Gasteiger partial charge in [0.25, 0.3) is 0 Å². The lowest BCUT2D eigenvalue weighted by atomic mass is 9.85. The summed E-state index contributed by atoms with van der Waals surface area (Å²) in [6.45, 7) is 15.1. The van der Waals surface area contributed by atoms with Gasteiger partial charge < -0.3 is 47.8 Å². The SMILES string of the molecule is Cc1cc2c(cc1OCc1ccccc1)CCN(CCC#N)C2c1cc2c(cc1C)OCO2.Cc1cc2c(cc1OCc1ccccc1)CCN(O)C2c1cc2c(cc1C)OCO2.Cc1ccc(CCCCCC#N)cc1OCc1ccccc1.O=Cc1ccc2c(c1)OCO2. The van der Waals surface area contributed by atoms with Crippen LogP contribution in [0.25, 0.3) is 0 Å². The van der Waals surface area contributed by atoms with E-state index in [0.29, 0.717) is 56.3 Å². The number of aryl methyl sites for hydroxylation is 6. The van der Waals surface area contributed by atoms with E-state index in [-0.39, 0.29) is 32.5 Å². The Balaban J connectivity index is 0.000000137. The van der Waals surface area contributed by atoms with Gasteiger partial charge in [-0.3, -0.25) is 9.69 Å². The number of carbonyl (C=O) groups excluding carboxylic acids is 1. The van der Waals surface area contributed by atoms with Gasteiger partial charge in [-0.2, -0.15) is 15.6 Å². The molecule has 15 nitrogen and oxygen atoms in total. The van der Waals surface area contributed by atoms with E-state index in [1.165, 1.54) is 49.6 Å². The van der Waals surface area contributed by atoms with E-state index in [2.05, 4.69) is 136 Å². The first-order chi connectivity index (χ1) is 46.9. The van der Waals surface area contributed by atoms with Crippen LogP contribution in [0.3, 0.4) is 0 Å². The fourth-order valence-corrected chi connectivity index (χ4v) is 12.6. The standard InChI is InChI=1S/C28H28N2O3.C25H25NO4.C20H23NO.C8H6O3/c1-19-14-26-27(33-18-32-26)16-23(19)28-24-13-20(2)25(31-17-21-7-4-3-5-8-21)15-22(24)9-12-30(28)11-6-10-29;1-16-11-23-24(30-15-29-23)13-20(16)25-21-10-17(2)22(12-19(21)8-9-26(25)27)28-14-18-6-4-3-5-7-18;1-17-12-13-18(9-5-2-3-8-14-21)15-20(17)22-16-19-10-6-4-7-11-19;9-4-6-1-2-7-8(3-6)11-5-10-7/h3-5,7-8,13-16,28H,6,9,11-12,17-18H2,1-2H3;3-7,10-13,25,27H,8-9,14-15H2,1-2H3;4,6-7,10-13,15H,2-3,5,8-9,16H2,1H3;1-4H,5H2. The number of carbonyl (C=O) groups is 1. The molecule has 0 amide bonds. The summed E-state index contributed by atoms with van der Waals surface area (Å²) in [6.07, 6.45) is 7.95. The number of aldehydes is 1. The second-order valence-corrected chi connectivity index (χ2v) is 24.5. The third-order valence-electron chi connectivity index (χ3n) is 17.8. The lowest BCUT2D eigenvalue weighted by molar-refractivity contribution is -0.121. The Morgan fingerprint density at radius 3 is 1.44 bits per heavy atom. The van der Waals surface area contributed by atoms with Crippen molar-refractivity contribution in [3.05, 3.63) is 265 Å². The van der Waals surface area contributed by atoms with Gasteiger partial charge in [0.1, 0.15) is 43.4 Å². The molecule has 5 heterocycles. The highest BCUT2D eigenvalue weighted by Gasteiger charge is 2.34. The molecule has 0 saturated carbocycles. The van der Waals surface area contributed by atoms with Gasteiger partial charge in [-0.25, -0.2) is 0 Å². The largest absolute Gasteiger partial charge is 0.489 e. The van der Waals surface area contributed by atoms with Crippen LogP contribution in [0.15, 0.2) is 176 Å². The molecule has 0 spiro atoms. The van der Waals surface area contributed by atoms with Crippen LogP contribution in [0, 0.1) is 57.3 Å². The first kappa shape index (κ1) is 67.1. The second-order valence-electron chi connectivity index (χ2n) is 24.5. The van der Waals surface area contributed by atoms with Gasteiger partial charge in [-0.1, -0.05) is 122 Å². The maximum atomic E-state index is 10.8. The molecule has 0 fully saturated rings. The zero-order valence-corrected chi connectivity index (χ0v) is 55.3. The predicted octanol–water partition coefficient (Wildman–Crippen LogP) is 16.8. The molecule has 1 N–H and O–H groups in total. The Bertz CT molecular complexity index is 4210. The number of hydrogen-bond acceptors (Lipinski definition) is 15. The number of nitrogens with zero attached hydrogens (tertiary/aromatic N) is 4. The highest BCUT2D eigenvalue weighted by atomic mass is 16.7. The van der Waals surface area contributed by atoms with E-state index in [9.17, 15) is 15.3 Å². The number of ether oxygens (including phenoxy) is 9. The molecule has 5 aliphatic heterocycles. The number of benzene rings is 9. The van der Waals surface area contributed by atoms with Crippen LogP contribution in [0.1, 0.15) is 138 Å². The minimum absolute atomic E-state index is 0.0680. The summed E-state index contributed by atoms with van der Waals surface area (Å²) < 4.78 is 50.8. The highest BCUT2D eigenvalue weighted by Crippen LogP contribution is 2.46. The lowest BCUT2D eigenvalue weighted by Gasteiger charge is -2.38. The molecule has 0 radical (unpaired) electrons. The summed E-state index contributed by atoms with van der Waals surface area (Å²) in [5.41, 5.74) is 18.1. The van der Waals surface area contributed by atoms with Crippen molar-refractivity contribution in [2.45, 2.75) is 118 Å². The van der Waals surface area contributed by atoms with Crippen molar-refractivity contribution >= 4 is 6.29 Å². The molecule has 96 heavy (non-hydrogen) atoms. The topological polar surface area (TPSA) is 174 Å². The van der Waals surface area contributed by atoms with E-state index >= 15 is 0 Å². The Hall–Kier alpha value is -10.3. The smallest absolute Gasteiger partial charge is 0.231 e. The molecule has 15 heteroatoms. The zero-order valence-electron chi connectivity index (χ0n) is 55.3. The summed E-state index contributed by atoms with van der Waals surface area (Å²) in [6, 6.07) is 63.5. The molecule has 9 aromatic carbocycles. The van der Waals surface area contributed by atoms with Crippen molar-refractivity contribution in [1.82, 2.24) is 9.96 Å². The highest BCUT2D eigenvalue weighted by molar-refractivity contribution is 5.76. The molecule has 2 unspecified atom stereocenters. The van der Waals surface area contributed by atoms with Crippen LogP contribution >= 0.6 is 0 Å². The average molecular weight is 1290 g/mol. The fourth-order valence-electron chi connectivity index (χ4n) is 12.6. The van der Waals surface area contributed by atoms with E-state index in [0.717, 1.165) is 137 Å². The molecule has 0 aromatic heterocycles. The number of nitriles is 2. The maximum Gasteiger partial charge on any atom is 0.231 e. The zero-order chi connectivity index (χ0) is 66.8. The molecule has 9 aromatic rings. The fraction of sp³-hybridized carbons (Fsp3) is 0.296. The van der Waals surface area contributed by atoms with Crippen LogP contribution in [-0.2, 0) is 39.1 Å². The number of rotatable bonds is 19. The van der Waals surface area contributed by atoms with Gasteiger partial charge in [0.15, 0.2) is 34.5 Å². The third kappa shape index (κ3) is 17.0. The molecule has 492 valence electrons. The first-order valence-electron chi connectivity index (χ1n) is 32.9. The van der Waals surface area contributed by atoms with E-state index in [1.807, 2.05) is 73.7 Å². The quantitative estimate of drug-likeness (QED) is 0.0598. The number of hydrogen-bond donors (Lipinski definition) is 1.